The molecule has 89 heavy (non-hydrogen) atoms. The van der Waals surface area contributed by atoms with Crippen molar-refractivity contribution in [2.75, 3.05) is 39.5 Å². The second kappa shape index (κ2) is 48.4. The molecule has 12 heteroatoms. The fourth-order valence-corrected chi connectivity index (χ4v) is 12.5. The van der Waals surface area contributed by atoms with Crippen molar-refractivity contribution in [1.29, 1.82) is 0 Å². The average Bonchev–Trinajstić information content (AvgIpc) is 3.73. The number of allylic oxidation sites excluding steroid dienone is 3. The van der Waals surface area contributed by atoms with E-state index in [0.29, 0.717) is 113 Å². The minimum Gasteiger partial charge on any atom is -0.499 e. The monoisotopic (exact) mass is 1240 g/mol. The predicted molar refractivity (Wildman–Crippen MR) is 360 cm³/mol. The molecule has 2 saturated carbocycles. The number of nitrogens with zero attached hydrogens (tertiary/aromatic N) is 1. The summed E-state index contributed by atoms with van der Waals surface area (Å²) in [5, 5.41) is 0. The molecule has 0 aliphatic heterocycles. The summed E-state index contributed by atoms with van der Waals surface area (Å²) in [6, 6.07) is 15.1. The van der Waals surface area contributed by atoms with Crippen LogP contribution in [0.2, 0.25) is 0 Å². The maximum absolute atomic E-state index is 13.6. The van der Waals surface area contributed by atoms with Gasteiger partial charge in [0, 0.05) is 64.5 Å². The van der Waals surface area contributed by atoms with Gasteiger partial charge in [-0.1, -0.05) is 180 Å². The molecular formula is C77H121NO11. The van der Waals surface area contributed by atoms with Crippen LogP contribution in [0, 0.1) is 23.7 Å². The van der Waals surface area contributed by atoms with E-state index < -0.39 is 0 Å². The van der Waals surface area contributed by atoms with Crippen molar-refractivity contribution in [1.82, 2.24) is 4.90 Å². The highest BCUT2D eigenvalue weighted by Crippen LogP contribution is 2.35. The molecule has 0 heterocycles. The smallest absolute Gasteiger partial charge is 0.311 e. The van der Waals surface area contributed by atoms with Crippen LogP contribution in [0.5, 0.6) is 11.5 Å². The zero-order valence-corrected chi connectivity index (χ0v) is 56.2. The number of hydrogen-bond donors (Lipinski definition) is 0. The first-order chi connectivity index (χ1) is 43.3. The van der Waals surface area contributed by atoms with E-state index in [4.69, 9.17) is 28.4 Å². The van der Waals surface area contributed by atoms with E-state index in [2.05, 4.69) is 52.6 Å². The third-order valence-electron chi connectivity index (χ3n) is 18.1. The molecule has 0 aromatic heterocycles. The number of ketones is 1. The van der Waals surface area contributed by atoms with Gasteiger partial charge in [0.2, 0.25) is 5.91 Å². The van der Waals surface area contributed by atoms with Gasteiger partial charge in [0.15, 0.2) is 0 Å². The molecule has 12 nitrogen and oxygen atoms in total. The lowest BCUT2D eigenvalue weighted by atomic mass is 9.78. The standard InChI is InChI=1S/C77H121NO11/c1-7-10-12-14-16-18-26-54-84-62(4)29-22-20-23-30-63(5)88-72-46-42-67(43-47-72)58-64(6)85-56-50-65-36-40-69(41-37-65)60-74(80)78(52-9-3)53-28-31-71(79)59-68-38-34-66(35-39-68)51-57-87-77(83)61-70-44-48-73(49-45-70)89-76(82)33-25-21-24-32-75(81)86-55-27-19-17-15-13-11-8-2/h42-49,65-66,68-69H,4-41,50-61H2,1-3H3. The lowest BCUT2D eigenvalue weighted by molar-refractivity contribution is -0.144. The van der Waals surface area contributed by atoms with Gasteiger partial charge in [-0.05, 0) is 149 Å². The van der Waals surface area contributed by atoms with Gasteiger partial charge in [0.25, 0.3) is 0 Å². The first-order valence-corrected chi connectivity index (χ1v) is 35.8. The van der Waals surface area contributed by atoms with Crippen molar-refractivity contribution in [3.63, 3.8) is 0 Å². The van der Waals surface area contributed by atoms with E-state index in [9.17, 15) is 24.0 Å². The van der Waals surface area contributed by atoms with E-state index in [1.165, 1.54) is 70.6 Å². The fraction of sp³-hybridized carbons (Fsp3) is 0.701. The molecule has 0 bridgehead atoms. The Balaban J connectivity index is 0.955. The lowest BCUT2D eigenvalue weighted by Crippen LogP contribution is -2.34. The summed E-state index contributed by atoms with van der Waals surface area (Å²) in [5.41, 5.74) is 1.92. The van der Waals surface area contributed by atoms with Crippen LogP contribution in [0.15, 0.2) is 85.5 Å². The number of esters is 3. The van der Waals surface area contributed by atoms with Gasteiger partial charge in [0.1, 0.15) is 17.3 Å². The number of hydrogen-bond acceptors (Lipinski definition) is 11. The molecular weight excluding hydrogens is 1110 g/mol. The molecule has 2 aromatic carbocycles. The Kier molecular flexibility index (Phi) is 41.4. The van der Waals surface area contributed by atoms with Gasteiger partial charge in [0.05, 0.1) is 50.1 Å². The van der Waals surface area contributed by atoms with Crippen LogP contribution in [0.3, 0.4) is 0 Å². The minimum atomic E-state index is -0.319. The Labute approximate surface area is 539 Å². The normalized spacial score (nSPS) is 16.4. The Bertz CT molecular complexity index is 2280. The van der Waals surface area contributed by atoms with E-state index in [0.717, 1.165) is 176 Å². The summed E-state index contributed by atoms with van der Waals surface area (Å²) < 4.78 is 34.5. The molecule has 4 rings (SSSR count). The Morgan fingerprint density at radius 2 is 0.820 bits per heavy atom. The van der Waals surface area contributed by atoms with E-state index in [-0.39, 0.29) is 36.7 Å². The predicted octanol–water partition coefficient (Wildman–Crippen LogP) is 19.6. The summed E-state index contributed by atoms with van der Waals surface area (Å²) in [6.07, 6.45) is 39.4. The summed E-state index contributed by atoms with van der Waals surface area (Å²) in [6.45, 7) is 22.8. The molecule has 500 valence electrons. The van der Waals surface area contributed by atoms with E-state index in [1.807, 2.05) is 17.0 Å². The number of unbranched alkanes of at least 4 members (excludes halogenated alkanes) is 16. The van der Waals surface area contributed by atoms with Crippen LogP contribution < -0.4 is 9.47 Å². The highest BCUT2D eigenvalue weighted by Gasteiger charge is 2.27. The largest absolute Gasteiger partial charge is 0.499 e. The maximum Gasteiger partial charge on any atom is 0.311 e. The van der Waals surface area contributed by atoms with Crippen LogP contribution in [0.4, 0.5) is 0 Å². The van der Waals surface area contributed by atoms with E-state index in [1.54, 1.807) is 24.3 Å². The number of amides is 1. The molecule has 0 radical (unpaired) electrons. The number of ether oxygens (including phenoxy) is 6. The van der Waals surface area contributed by atoms with Crippen molar-refractivity contribution in [2.45, 2.75) is 284 Å². The van der Waals surface area contributed by atoms with Crippen LogP contribution >= 0.6 is 0 Å². The molecule has 2 aromatic rings. The van der Waals surface area contributed by atoms with Crippen LogP contribution in [0.1, 0.15) is 282 Å². The van der Waals surface area contributed by atoms with Crippen LogP contribution in [-0.4, -0.2) is 74.0 Å². The maximum atomic E-state index is 13.6. The number of benzene rings is 2. The Hall–Kier alpha value is -5.39. The zero-order valence-electron chi connectivity index (χ0n) is 56.2. The minimum absolute atomic E-state index is 0.147. The lowest BCUT2D eigenvalue weighted by Gasteiger charge is -2.30. The van der Waals surface area contributed by atoms with Gasteiger partial charge in [-0.15, -0.1) is 0 Å². The molecule has 0 spiro atoms. The fourth-order valence-electron chi connectivity index (χ4n) is 12.5. The average molecular weight is 1240 g/mol. The van der Waals surface area contributed by atoms with Crippen molar-refractivity contribution in [3.8, 4) is 11.5 Å². The van der Waals surface area contributed by atoms with Gasteiger partial charge in [-0.3, -0.25) is 24.0 Å². The van der Waals surface area contributed by atoms with Crippen molar-refractivity contribution < 1.29 is 52.4 Å². The topological polar surface area (TPSA) is 144 Å². The first-order valence-electron chi connectivity index (χ1n) is 35.8. The molecule has 0 unspecified atom stereocenters. The van der Waals surface area contributed by atoms with Gasteiger partial charge in [-0.2, -0.15) is 0 Å². The van der Waals surface area contributed by atoms with Crippen LogP contribution in [-0.2, 0) is 55.8 Å². The highest BCUT2D eigenvalue weighted by molar-refractivity contribution is 5.79. The summed E-state index contributed by atoms with van der Waals surface area (Å²) in [5.74, 6) is 5.36. The van der Waals surface area contributed by atoms with Crippen molar-refractivity contribution in [3.05, 3.63) is 96.7 Å². The number of Topliss-reactive ketones (excluding diaryl/α,β-unsaturated/α-hetero) is 1. The number of carbonyl (C=O) groups is 5. The second-order valence-electron chi connectivity index (χ2n) is 26.1. The number of carbonyl (C=O) groups excluding carboxylic acids is 5. The van der Waals surface area contributed by atoms with Gasteiger partial charge >= 0.3 is 17.9 Å². The van der Waals surface area contributed by atoms with Crippen molar-refractivity contribution >= 4 is 29.6 Å². The second-order valence-corrected chi connectivity index (χ2v) is 26.1. The molecule has 2 aliphatic carbocycles. The summed E-state index contributed by atoms with van der Waals surface area (Å²) >= 11 is 0. The molecule has 0 saturated heterocycles. The Morgan fingerprint density at radius 3 is 1.39 bits per heavy atom. The molecule has 2 aliphatic rings. The quantitative estimate of drug-likeness (QED) is 0.0270. The van der Waals surface area contributed by atoms with Gasteiger partial charge < -0.3 is 33.3 Å². The van der Waals surface area contributed by atoms with E-state index >= 15 is 0 Å². The van der Waals surface area contributed by atoms with Crippen molar-refractivity contribution in [2.24, 2.45) is 23.7 Å². The summed E-state index contributed by atoms with van der Waals surface area (Å²) in [4.78, 5) is 65.8. The van der Waals surface area contributed by atoms with Crippen LogP contribution in [0.25, 0.3) is 0 Å². The first kappa shape index (κ1) is 76.1. The molecule has 1 amide bonds. The third-order valence-corrected chi connectivity index (χ3v) is 18.1. The molecule has 2 fully saturated rings. The molecule has 0 atom stereocenters. The highest BCUT2D eigenvalue weighted by atomic mass is 16.5. The number of rotatable bonds is 53. The van der Waals surface area contributed by atoms with Gasteiger partial charge in [-0.25, -0.2) is 0 Å². The summed E-state index contributed by atoms with van der Waals surface area (Å²) in [7, 11) is 0. The molecule has 0 N–H and O–H groups in total. The third kappa shape index (κ3) is 37.5. The Morgan fingerprint density at radius 1 is 0.382 bits per heavy atom. The zero-order chi connectivity index (χ0) is 63.9. The SMILES string of the molecule is C=C(CCCCCC(=C)Oc1ccc(CC(=C)OCCC2CCC(CC(=O)N(CCC)CCCC(=O)CC3CCC(CCOC(=O)Cc4ccc(OC(=O)CCCCCC(=O)OCCCCCCCCC)cc4)CC3)CC2)cc1)OCCCCCCCCC.